The summed E-state index contributed by atoms with van der Waals surface area (Å²) < 4.78 is 0. The molecule has 0 spiro atoms. The molecule has 0 radical (unpaired) electrons. The lowest BCUT2D eigenvalue weighted by Crippen LogP contribution is -2.50. The summed E-state index contributed by atoms with van der Waals surface area (Å²) in [4.78, 5) is 32.9. The van der Waals surface area contributed by atoms with Crippen molar-refractivity contribution in [3.63, 3.8) is 0 Å². The van der Waals surface area contributed by atoms with Crippen molar-refractivity contribution in [1.29, 1.82) is 0 Å². The summed E-state index contributed by atoms with van der Waals surface area (Å²) in [5, 5.41) is 9.77. The fourth-order valence-corrected chi connectivity index (χ4v) is 5.03. The summed E-state index contributed by atoms with van der Waals surface area (Å²) in [6.45, 7) is 4.78. The summed E-state index contributed by atoms with van der Waals surface area (Å²) in [6.07, 6.45) is 9.28. The molecule has 0 aliphatic carbocycles. The van der Waals surface area contributed by atoms with Gasteiger partial charge in [0.05, 0.1) is 29.4 Å². The summed E-state index contributed by atoms with van der Waals surface area (Å²) >= 11 is 0. The van der Waals surface area contributed by atoms with Gasteiger partial charge in [0.25, 0.3) is 5.91 Å². The number of hydrogen-bond donors (Lipinski definition) is 2. The predicted molar refractivity (Wildman–Crippen MR) is 109 cm³/mol. The second-order valence-electron chi connectivity index (χ2n) is 8.74. The molecule has 7 heteroatoms. The molecule has 4 heterocycles. The van der Waals surface area contributed by atoms with Crippen LogP contribution in [0.1, 0.15) is 62.0 Å². The molecule has 2 aromatic heterocycles. The number of nitrogens with zero attached hydrogens (tertiary/aromatic N) is 3. The van der Waals surface area contributed by atoms with E-state index in [4.69, 9.17) is 0 Å². The highest BCUT2D eigenvalue weighted by Gasteiger charge is 2.60. The number of amides is 2. The van der Waals surface area contributed by atoms with Crippen molar-refractivity contribution >= 4 is 11.8 Å². The highest BCUT2D eigenvalue weighted by molar-refractivity contribution is 5.96. The molecule has 2 amide bonds. The molecule has 2 fully saturated rings. The van der Waals surface area contributed by atoms with Gasteiger partial charge in [0.1, 0.15) is 0 Å². The van der Waals surface area contributed by atoms with Crippen molar-refractivity contribution in [3.8, 4) is 0 Å². The second-order valence-corrected chi connectivity index (χ2v) is 8.74. The van der Waals surface area contributed by atoms with Crippen LogP contribution in [-0.2, 0) is 11.3 Å². The van der Waals surface area contributed by atoms with Crippen molar-refractivity contribution < 1.29 is 9.59 Å². The molecule has 29 heavy (non-hydrogen) atoms. The van der Waals surface area contributed by atoms with Crippen molar-refractivity contribution in [2.45, 2.75) is 64.6 Å². The third-order valence-electron chi connectivity index (χ3n) is 6.50. The highest BCUT2D eigenvalue weighted by Crippen LogP contribution is 2.53. The first-order valence-electron chi connectivity index (χ1n) is 10.5. The topological polar surface area (TPSA) is 91.0 Å². The van der Waals surface area contributed by atoms with Crippen LogP contribution in [0.5, 0.6) is 0 Å². The zero-order chi connectivity index (χ0) is 20.4. The quantitative estimate of drug-likeness (QED) is 0.754. The van der Waals surface area contributed by atoms with Crippen LogP contribution in [-0.4, -0.2) is 44.0 Å². The van der Waals surface area contributed by atoms with Gasteiger partial charge in [0.15, 0.2) is 0 Å². The Bertz CT molecular complexity index is 851. The molecule has 2 aliphatic heterocycles. The molecule has 2 N–H and O–H groups in total. The Labute approximate surface area is 171 Å². The molecular weight excluding hydrogens is 366 g/mol. The number of aromatic amines is 1. The van der Waals surface area contributed by atoms with Crippen molar-refractivity contribution in [3.05, 3.63) is 48.0 Å². The van der Waals surface area contributed by atoms with Gasteiger partial charge >= 0.3 is 0 Å². The van der Waals surface area contributed by atoms with Gasteiger partial charge in [-0.1, -0.05) is 19.9 Å². The van der Waals surface area contributed by atoms with Crippen LogP contribution in [0.25, 0.3) is 0 Å². The molecular formula is C22H29N5O2. The van der Waals surface area contributed by atoms with Crippen molar-refractivity contribution in [1.82, 2.24) is 25.4 Å². The first-order chi connectivity index (χ1) is 14.0. The zero-order valence-corrected chi connectivity index (χ0v) is 17.1. The lowest BCUT2D eigenvalue weighted by molar-refractivity contribution is -0.133. The Hall–Kier alpha value is -2.70. The minimum atomic E-state index is -0.526. The van der Waals surface area contributed by atoms with Gasteiger partial charge in [-0.15, -0.1) is 0 Å². The number of nitrogens with one attached hydrogen (secondary N) is 2. The van der Waals surface area contributed by atoms with E-state index in [-0.39, 0.29) is 23.9 Å². The fourth-order valence-electron chi connectivity index (χ4n) is 5.03. The normalized spacial score (nSPS) is 25.6. The first kappa shape index (κ1) is 19.6. The number of pyridine rings is 1. The standard InChI is InChI=1S/C22H29N5O2/c1-15(2)8-9-22(21(29)24-14-17-5-3-4-10-23-17)11-18-6-7-19(22)27(18)20(28)16-12-25-26-13-16/h3-5,10,12-13,15,18-19H,6-9,11,14H2,1-2H3,(H,24,29)(H,25,26)/t18-,19+,22+/m1/s1. The maximum absolute atomic E-state index is 13.5. The zero-order valence-electron chi connectivity index (χ0n) is 17.1. The molecule has 2 bridgehead atoms. The Balaban J connectivity index is 1.56. The molecule has 2 saturated heterocycles. The Morgan fingerprint density at radius 1 is 1.34 bits per heavy atom. The maximum atomic E-state index is 13.5. The van der Waals surface area contributed by atoms with Crippen molar-refractivity contribution in [2.24, 2.45) is 11.3 Å². The van der Waals surface area contributed by atoms with Gasteiger partial charge in [-0.05, 0) is 50.2 Å². The average Bonchev–Trinajstić information content (AvgIpc) is 3.46. The monoisotopic (exact) mass is 395 g/mol. The molecule has 2 aromatic rings. The number of rotatable bonds is 7. The van der Waals surface area contributed by atoms with Gasteiger partial charge in [-0.25, -0.2) is 0 Å². The van der Waals surface area contributed by atoms with Crippen molar-refractivity contribution in [2.75, 3.05) is 0 Å². The summed E-state index contributed by atoms with van der Waals surface area (Å²) in [5.41, 5.74) is 0.881. The Kier molecular flexibility index (Phi) is 5.39. The van der Waals surface area contributed by atoms with Crippen LogP contribution in [0.3, 0.4) is 0 Å². The van der Waals surface area contributed by atoms with Crippen LogP contribution in [0.2, 0.25) is 0 Å². The molecule has 7 nitrogen and oxygen atoms in total. The van der Waals surface area contributed by atoms with E-state index in [1.54, 1.807) is 18.6 Å². The number of hydrogen-bond acceptors (Lipinski definition) is 4. The molecule has 3 atom stereocenters. The minimum absolute atomic E-state index is 0.0183. The van der Waals surface area contributed by atoms with E-state index in [1.165, 1.54) is 0 Å². The summed E-state index contributed by atoms with van der Waals surface area (Å²) in [6, 6.07) is 5.76. The van der Waals surface area contributed by atoms with Crippen LogP contribution in [0, 0.1) is 11.3 Å². The van der Waals surface area contributed by atoms with E-state index in [0.717, 1.165) is 37.8 Å². The van der Waals surface area contributed by atoms with E-state index >= 15 is 0 Å². The Morgan fingerprint density at radius 3 is 2.90 bits per heavy atom. The van der Waals surface area contributed by atoms with Gasteiger partial charge in [-0.2, -0.15) is 5.10 Å². The number of carbonyl (C=O) groups is 2. The number of aromatic nitrogens is 3. The van der Waals surface area contributed by atoms with E-state index in [2.05, 4.69) is 34.3 Å². The first-order valence-corrected chi connectivity index (χ1v) is 10.5. The lowest BCUT2D eigenvalue weighted by atomic mass is 9.69. The van der Waals surface area contributed by atoms with Gasteiger partial charge in [-0.3, -0.25) is 19.7 Å². The van der Waals surface area contributed by atoms with Crippen LogP contribution in [0.15, 0.2) is 36.8 Å². The predicted octanol–water partition coefficient (Wildman–Crippen LogP) is 2.92. The third kappa shape index (κ3) is 3.66. The SMILES string of the molecule is CC(C)CC[C@]1(C(=O)NCc2ccccn2)C[C@H]2CC[C@@H]1N2C(=O)c1cn[nH]c1. The lowest BCUT2D eigenvalue weighted by Gasteiger charge is -2.36. The summed E-state index contributed by atoms with van der Waals surface area (Å²) in [5.74, 6) is 0.545. The highest BCUT2D eigenvalue weighted by atomic mass is 16.2. The van der Waals surface area contributed by atoms with Crippen LogP contribution < -0.4 is 5.32 Å². The molecule has 0 aromatic carbocycles. The van der Waals surface area contributed by atoms with Gasteiger partial charge in [0.2, 0.25) is 5.91 Å². The number of carbonyl (C=O) groups excluding carboxylic acids is 2. The molecule has 0 saturated carbocycles. The average molecular weight is 396 g/mol. The molecule has 2 aliphatic rings. The van der Waals surface area contributed by atoms with E-state index in [1.807, 2.05) is 23.1 Å². The fraction of sp³-hybridized carbons (Fsp3) is 0.545. The van der Waals surface area contributed by atoms with E-state index in [0.29, 0.717) is 18.0 Å². The maximum Gasteiger partial charge on any atom is 0.257 e. The van der Waals surface area contributed by atoms with Crippen LogP contribution in [0.4, 0.5) is 0 Å². The molecule has 4 rings (SSSR count). The number of fused-ring (bicyclic) bond motifs is 2. The Morgan fingerprint density at radius 2 is 2.21 bits per heavy atom. The van der Waals surface area contributed by atoms with Gasteiger partial charge < -0.3 is 10.2 Å². The van der Waals surface area contributed by atoms with Crippen LogP contribution >= 0.6 is 0 Å². The largest absolute Gasteiger partial charge is 0.350 e. The summed E-state index contributed by atoms with van der Waals surface area (Å²) in [7, 11) is 0. The van der Waals surface area contributed by atoms with E-state index < -0.39 is 5.41 Å². The van der Waals surface area contributed by atoms with Gasteiger partial charge in [0, 0.05) is 24.5 Å². The number of H-pyrrole nitrogens is 1. The molecule has 154 valence electrons. The second kappa shape index (κ2) is 7.97. The smallest absolute Gasteiger partial charge is 0.257 e. The minimum Gasteiger partial charge on any atom is -0.350 e. The van der Waals surface area contributed by atoms with E-state index in [9.17, 15) is 9.59 Å². The third-order valence-corrected chi connectivity index (χ3v) is 6.50. The molecule has 0 unspecified atom stereocenters.